The van der Waals surface area contributed by atoms with Crippen LogP contribution >= 0.6 is 11.8 Å². The molecule has 8 heteroatoms. The molecule has 1 atom stereocenters. The van der Waals surface area contributed by atoms with Crippen LogP contribution in [0.1, 0.15) is 12.8 Å². The van der Waals surface area contributed by atoms with E-state index in [1.165, 1.54) is 11.8 Å². The van der Waals surface area contributed by atoms with E-state index in [2.05, 4.69) is 5.32 Å². The average Bonchev–Trinajstić information content (AvgIpc) is 2.61. The third kappa shape index (κ3) is 3.53. The molecule has 0 bridgehead atoms. The summed E-state index contributed by atoms with van der Waals surface area (Å²) in [6.07, 6.45) is 3.22. The lowest BCUT2D eigenvalue weighted by atomic mass is 9.99. The van der Waals surface area contributed by atoms with E-state index < -0.39 is 11.9 Å². The Morgan fingerprint density at radius 3 is 2.67 bits per heavy atom. The van der Waals surface area contributed by atoms with Gasteiger partial charge in [0.05, 0.1) is 11.6 Å². The quantitative estimate of drug-likeness (QED) is 0.813. The third-order valence-electron chi connectivity index (χ3n) is 4.16. The molecular weight excluding hydrogens is 332 g/mol. The molecule has 2 aliphatic heterocycles. The van der Waals surface area contributed by atoms with Gasteiger partial charge in [0.15, 0.2) is 11.5 Å². The van der Waals surface area contributed by atoms with Crippen LogP contribution in [0.15, 0.2) is 17.0 Å². The van der Waals surface area contributed by atoms with Crippen LogP contribution in [0.2, 0.25) is 0 Å². The van der Waals surface area contributed by atoms with Gasteiger partial charge in [-0.3, -0.25) is 4.79 Å². The number of anilines is 1. The number of thioether (sulfide) groups is 1. The second kappa shape index (κ2) is 7.21. The van der Waals surface area contributed by atoms with E-state index in [1.54, 1.807) is 11.0 Å². The van der Waals surface area contributed by atoms with E-state index in [-0.39, 0.29) is 12.6 Å². The minimum absolute atomic E-state index is 0.236. The number of hydrogen-bond acceptors (Lipinski definition) is 5. The van der Waals surface area contributed by atoms with Gasteiger partial charge in [0, 0.05) is 24.1 Å². The molecule has 1 unspecified atom stereocenters. The molecule has 24 heavy (non-hydrogen) atoms. The summed E-state index contributed by atoms with van der Waals surface area (Å²) in [5, 5.41) is 12.0. The Morgan fingerprint density at radius 2 is 2.00 bits per heavy atom. The van der Waals surface area contributed by atoms with Gasteiger partial charge in [-0.05, 0) is 25.2 Å². The second-order valence-electron chi connectivity index (χ2n) is 5.75. The summed E-state index contributed by atoms with van der Waals surface area (Å²) in [5.41, 5.74) is 0.647. The van der Waals surface area contributed by atoms with Crippen molar-refractivity contribution in [3.63, 3.8) is 0 Å². The summed E-state index contributed by atoms with van der Waals surface area (Å²) in [7, 11) is 0. The maximum Gasteiger partial charge on any atom is 0.321 e. The monoisotopic (exact) mass is 352 g/mol. The highest BCUT2D eigenvalue weighted by molar-refractivity contribution is 7.98. The number of aliphatic carboxylic acids is 1. The van der Waals surface area contributed by atoms with Crippen LogP contribution in [0.25, 0.3) is 0 Å². The highest BCUT2D eigenvalue weighted by Crippen LogP contribution is 2.39. The van der Waals surface area contributed by atoms with Crippen molar-refractivity contribution in [3.8, 4) is 11.5 Å². The molecule has 2 amide bonds. The number of ether oxygens (including phenoxy) is 2. The number of carbonyl (C=O) groups excluding carboxylic acids is 1. The van der Waals surface area contributed by atoms with Gasteiger partial charge in [0.25, 0.3) is 0 Å². The number of amides is 2. The van der Waals surface area contributed by atoms with Crippen LogP contribution in [0, 0.1) is 5.92 Å². The van der Waals surface area contributed by atoms with Crippen molar-refractivity contribution in [2.24, 2.45) is 5.92 Å². The molecule has 2 aliphatic rings. The first-order chi connectivity index (χ1) is 11.6. The van der Waals surface area contributed by atoms with E-state index in [0.717, 1.165) is 4.90 Å². The number of carboxylic acids is 1. The van der Waals surface area contributed by atoms with Crippen molar-refractivity contribution in [1.29, 1.82) is 0 Å². The lowest BCUT2D eigenvalue weighted by molar-refractivity contribution is -0.143. The number of rotatable bonds is 3. The van der Waals surface area contributed by atoms with Crippen LogP contribution < -0.4 is 14.8 Å². The number of piperidine rings is 1. The van der Waals surface area contributed by atoms with Crippen molar-refractivity contribution in [2.75, 3.05) is 37.9 Å². The minimum atomic E-state index is -0.850. The molecule has 1 saturated heterocycles. The van der Waals surface area contributed by atoms with Gasteiger partial charge < -0.3 is 24.8 Å². The van der Waals surface area contributed by atoms with Crippen LogP contribution in [0.4, 0.5) is 10.5 Å². The summed E-state index contributed by atoms with van der Waals surface area (Å²) < 4.78 is 11.1. The Labute approximate surface area is 144 Å². The predicted molar refractivity (Wildman–Crippen MR) is 90.2 cm³/mol. The van der Waals surface area contributed by atoms with Crippen LogP contribution in [-0.2, 0) is 4.79 Å². The van der Waals surface area contributed by atoms with Crippen LogP contribution in [0.3, 0.4) is 0 Å². The van der Waals surface area contributed by atoms with Crippen molar-refractivity contribution in [3.05, 3.63) is 12.1 Å². The highest BCUT2D eigenvalue weighted by Gasteiger charge is 2.28. The fourth-order valence-corrected chi connectivity index (χ4v) is 3.45. The van der Waals surface area contributed by atoms with Crippen molar-refractivity contribution >= 4 is 29.4 Å². The molecule has 1 aromatic rings. The molecule has 0 aliphatic carbocycles. The minimum Gasteiger partial charge on any atom is -0.486 e. The SMILES string of the molecule is CSc1cc2c(cc1NC(=O)N1CCCC(C(=O)O)C1)OCCO2. The topological polar surface area (TPSA) is 88.1 Å². The summed E-state index contributed by atoms with van der Waals surface area (Å²) in [5.74, 6) is -0.0645. The van der Waals surface area contributed by atoms with Gasteiger partial charge in [-0.15, -0.1) is 11.8 Å². The van der Waals surface area contributed by atoms with Gasteiger partial charge in [0.2, 0.25) is 0 Å². The van der Waals surface area contributed by atoms with Crippen molar-refractivity contribution < 1.29 is 24.2 Å². The summed E-state index contributed by atoms with van der Waals surface area (Å²) in [6, 6.07) is 3.33. The number of nitrogens with one attached hydrogen (secondary N) is 1. The molecule has 2 N–H and O–H groups in total. The van der Waals surface area contributed by atoms with Crippen LogP contribution in [-0.4, -0.2) is 54.6 Å². The van der Waals surface area contributed by atoms with Gasteiger partial charge in [-0.1, -0.05) is 0 Å². The van der Waals surface area contributed by atoms with Gasteiger partial charge in [-0.2, -0.15) is 0 Å². The van der Waals surface area contributed by atoms with E-state index >= 15 is 0 Å². The number of hydrogen-bond donors (Lipinski definition) is 2. The molecule has 0 saturated carbocycles. The Bertz CT molecular complexity index is 652. The lowest BCUT2D eigenvalue weighted by Gasteiger charge is -2.31. The van der Waals surface area contributed by atoms with E-state index in [4.69, 9.17) is 14.6 Å². The normalized spacial score (nSPS) is 19.7. The first-order valence-corrected chi connectivity index (χ1v) is 9.07. The fraction of sp³-hybridized carbons (Fsp3) is 0.500. The maximum atomic E-state index is 12.5. The molecule has 130 valence electrons. The summed E-state index contributed by atoms with van der Waals surface area (Å²) >= 11 is 1.50. The number of carbonyl (C=O) groups is 2. The van der Waals surface area contributed by atoms with Gasteiger partial charge >= 0.3 is 12.0 Å². The number of benzene rings is 1. The molecular formula is C16H20N2O5S. The second-order valence-corrected chi connectivity index (χ2v) is 6.60. The first-order valence-electron chi connectivity index (χ1n) is 7.85. The smallest absolute Gasteiger partial charge is 0.321 e. The summed E-state index contributed by atoms with van der Waals surface area (Å²) in [4.78, 5) is 26.1. The van der Waals surface area contributed by atoms with E-state index in [9.17, 15) is 9.59 Å². The molecule has 0 spiro atoms. The summed E-state index contributed by atoms with van der Waals surface area (Å²) in [6.45, 7) is 1.79. The average molecular weight is 352 g/mol. The number of carboxylic acid groups (broad SMARTS) is 1. The zero-order valence-electron chi connectivity index (χ0n) is 13.4. The maximum absolute atomic E-state index is 12.5. The Kier molecular flexibility index (Phi) is 5.03. The zero-order chi connectivity index (χ0) is 17.1. The highest BCUT2D eigenvalue weighted by atomic mass is 32.2. The Hall–Kier alpha value is -2.09. The molecule has 1 fully saturated rings. The van der Waals surface area contributed by atoms with Crippen molar-refractivity contribution in [1.82, 2.24) is 4.90 Å². The Morgan fingerprint density at radius 1 is 1.29 bits per heavy atom. The number of fused-ring (bicyclic) bond motifs is 1. The lowest BCUT2D eigenvalue weighted by Crippen LogP contribution is -2.44. The van der Waals surface area contributed by atoms with E-state index in [1.807, 2.05) is 12.3 Å². The molecule has 0 aromatic heterocycles. The first kappa shape index (κ1) is 16.8. The largest absolute Gasteiger partial charge is 0.486 e. The number of nitrogens with zero attached hydrogens (tertiary/aromatic N) is 1. The van der Waals surface area contributed by atoms with Crippen LogP contribution in [0.5, 0.6) is 11.5 Å². The predicted octanol–water partition coefficient (Wildman–Crippen LogP) is 2.51. The Balaban J connectivity index is 1.75. The zero-order valence-corrected chi connectivity index (χ0v) is 14.2. The molecule has 1 aromatic carbocycles. The molecule has 3 rings (SSSR count). The van der Waals surface area contributed by atoms with Gasteiger partial charge in [0.1, 0.15) is 13.2 Å². The molecule has 7 nitrogen and oxygen atoms in total. The molecule has 2 heterocycles. The fourth-order valence-electron chi connectivity index (χ4n) is 2.89. The molecule has 0 radical (unpaired) electrons. The van der Waals surface area contributed by atoms with Crippen molar-refractivity contribution in [2.45, 2.75) is 17.7 Å². The third-order valence-corrected chi connectivity index (χ3v) is 4.94. The number of urea groups is 1. The standard InChI is InChI=1S/C16H20N2O5S/c1-24-14-8-13-12(22-5-6-23-13)7-11(14)17-16(21)18-4-2-3-10(9-18)15(19)20/h7-8,10H,2-6,9H2,1H3,(H,17,21)(H,19,20). The van der Waals surface area contributed by atoms with Gasteiger partial charge in [-0.25, -0.2) is 4.79 Å². The van der Waals surface area contributed by atoms with E-state index in [0.29, 0.717) is 49.8 Å². The number of likely N-dealkylation sites (tertiary alicyclic amines) is 1.